The third-order valence-corrected chi connectivity index (χ3v) is 4.22. The Hall–Kier alpha value is -3.28. The van der Waals surface area contributed by atoms with Crippen molar-refractivity contribution >= 4 is 22.8 Å². The topological polar surface area (TPSA) is 65.5 Å². The second-order valence-electron chi connectivity index (χ2n) is 6.03. The molecule has 0 saturated carbocycles. The van der Waals surface area contributed by atoms with Crippen molar-refractivity contribution < 1.29 is 23.5 Å². The van der Waals surface area contributed by atoms with Crippen LogP contribution in [-0.2, 0) is 27.3 Å². The van der Waals surface area contributed by atoms with Gasteiger partial charge in [-0.05, 0) is 36.2 Å². The number of halogens is 1. The number of methoxy groups -OCH3 is 1. The zero-order chi connectivity index (χ0) is 19.4. The van der Waals surface area contributed by atoms with E-state index in [9.17, 15) is 14.0 Å². The van der Waals surface area contributed by atoms with E-state index in [0.717, 1.165) is 5.39 Å². The summed E-state index contributed by atoms with van der Waals surface area (Å²) in [4.78, 5) is 28.8. The number of pyridine rings is 1. The quantitative estimate of drug-likeness (QED) is 0.643. The second kappa shape index (κ2) is 7.95. The van der Waals surface area contributed by atoms with Crippen molar-refractivity contribution in [1.29, 1.82) is 0 Å². The van der Waals surface area contributed by atoms with Gasteiger partial charge in [0, 0.05) is 5.39 Å². The molecule has 0 saturated heterocycles. The lowest BCUT2D eigenvalue weighted by molar-refractivity contribution is -0.144. The van der Waals surface area contributed by atoms with E-state index in [1.807, 2.05) is 24.3 Å². The molecule has 0 N–H and O–H groups in total. The van der Waals surface area contributed by atoms with E-state index in [0.29, 0.717) is 22.3 Å². The fourth-order valence-electron chi connectivity index (χ4n) is 2.93. The molecule has 0 aliphatic carbocycles. The molecule has 138 valence electrons. The van der Waals surface area contributed by atoms with Gasteiger partial charge in [0.2, 0.25) is 0 Å². The Balaban J connectivity index is 1.85. The van der Waals surface area contributed by atoms with Crippen LogP contribution in [0.4, 0.5) is 4.39 Å². The van der Waals surface area contributed by atoms with Gasteiger partial charge in [-0.1, -0.05) is 30.3 Å². The van der Waals surface area contributed by atoms with Crippen LogP contribution in [0.1, 0.15) is 27.2 Å². The molecule has 0 fully saturated rings. The minimum atomic E-state index is -0.540. The third-order valence-electron chi connectivity index (χ3n) is 4.22. The number of nitrogens with zero attached hydrogens (tertiary/aromatic N) is 1. The Morgan fingerprint density at radius 1 is 1.11 bits per heavy atom. The monoisotopic (exact) mass is 367 g/mol. The number of rotatable bonds is 5. The van der Waals surface area contributed by atoms with Gasteiger partial charge in [0.1, 0.15) is 12.4 Å². The number of fused-ring (bicyclic) bond motifs is 1. The van der Waals surface area contributed by atoms with E-state index in [2.05, 4.69) is 4.98 Å². The summed E-state index contributed by atoms with van der Waals surface area (Å²) in [5.41, 5.74) is 2.53. The van der Waals surface area contributed by atoms with Gasteiger partial charge in [0.05, 0.1) is 30.3 Å². The van der Waals surface area contributed by atoms with Gasteiger partial charge in [-0.3, -0.25) is 4.79 Å². The lowest BCUT2D eigenvalue weighted by Crippen LogP contribution is -2.15. The number of carbonyl (C=O) groups excluding carboxylic acids is 2. The Labute approximate surface area is 155 Å². The van der Waals surface area contributed by atoms with Gasteiger partial charge in [0.15, 0.2) is 0 Å². The van der Waals surface area contributed by atoms with Crippen LogP contribution < -0.4 is 0 Å². The number of hydrogen-bond acceptors (Lipinski definition) is 5. The molecule has 0 aliphatic rings. The lowest BCUT2D eigenvalue weighted by atomic mass is 10.0. The first-order valence-corrected chi connectivity index (χ1v) is 8.36. The number of aryl methyl sites for hydroxylation is 1. The van der Waals surface area contributed by atoms with E-state index in [1.165, 1.54) is 25.3 Å². The van der Waals surface area contributed by atoms with Crippen LogP contribution in [0.5, 0.6) is 0 Å². The van der Waals surface area contributed by atoms with Gasteiger partial charge in [-0.2, -0.15) is 0 Å². The molecule has 0 amide bonds. The van der Waals surface area contributed by atoms with Crippen molar-refractivity contribution in [2.45, 2.75) is 20.0 Å². The van der Waals surface area contributed by atoms with E-state index in [-0.39, 0.29) is 18.6 Å². The normalized spacial score (nSPS) is 10.6. The fraction of sp³-hybridized carbons (Fsp3) is 0.190. The predicted molar refractivity (Wildman–Crippen MR) is 97.7 cm³/mol. The van der Waals surface area contributed by atoms with Crippen LogP contribution in [0.3, 0.4) is 0 Å². The van der Waals surface area contributed by atoms with Crippen molar-refractivity contribution in [1.82, 2.24) is 4.98 Å². The molecule has 6 heteroatoms. The molecule has 1 heterocycles. The first-order valence-electron chi connectivity index (χ1n) is 8.36. The van der Waals surface area contributed by atoms with Crippen molar-refractivity contribution in [3.63, 3.8) is 0 Å². The minimum absolute atomic E-state index is 0.0715. The zero-order valence-electron chi connectivity index (χ0n) is 15.0. The number of aromatic nitrogens is 1. The number of benzene rings is 2. The van der Waals surface area contributed by atoms with Gasteiger partial charge in [-0.25, -0.2) is 14.2 Å². The van der Waals surface area contributed by atoms with Crippen molar-refractivity contribution in [3.05, 3.63) is 76.7 Å². The average molecular weight is 367 g/mol. The van der Waals surface area contributed by atoms with Crippen molar-refractivity contribution in [2.24, 2.45) is 0 Å². The van der Waals surface area contributed by atoms with Crippen LogP contribution in [-0.4, -0.2) is 24.0 Å². The van der Waals surface area contributed by atoms with Crippen LogP contribution in [0.25, 0.3) is 10.9 Å². The van der Waals surface area contributed by atoms with Crippen LogP contribution in [0, 0.1) is 12.7 Å². The Kier molecular flexibility index (Phi) is 5.45. The molecule has 0 aliphatic heterocycles. The smallest absolute Gasteiger partial charge is 0.340 e. The number of ether oxygens (including phenoxy) is 2. The average Bonchev–Trinajstić information content (AvgIpc) is 2.66. The van der Waals surface area contributed by atoms with Gasteiger partial charge < -0.3 is 9.47 Å². The molecule has 5 nitrogen and oxygen atoms in total. The standard InChI is InChI=1S/C21H18FNO4/c1-13-16-8-3-4-9-17(16)23-18(20(13)21(25)26-2)12-27-19(24)11-14-6-5-7-15(22)10-14/h3-10H,11-12H2,1-2H3. The molecule has 0 spiro atoms. The molecule has 0 bridgehead atoms. The highest BCUT2D eigenvalue weighted by Crippen LogP contribution is 2.24. The molecule has 0 atom stereocenters. The Morgan fingerprint density at radius 3 is 2.63 bits per heavy atom. The minimum Gasteiger partial charge on any atom is -0.465 e. The summed E-state index contributed by atoms with van der Waals surface area (Å²) < 4.78 is 23.4. The highest BCUT2D eigenvalue weighted by atomic mass is 19.1. The molecule has 3 aromatic rings. The number of esters is 2. The molecular weight excluding hydrogens is 349 g/mol. The summed E-state index contributed by atoms with van der Waals surface area (Å²) in [6, 6.07) is 13.1. The van der Waals surface area contributed by atoms with Crippen LogP contribution >= 0.6 is 0 Å². The molecule has 3 rings (SSSR count). The van der Waals surface area contributed by atoms with E-state index in [1.54, 1.807) is 13.0 Å². The summed E-state index contributed by atoms with van der Waals surface area (Å²) in [7, 11) is 1.29. The highest BCUT2D eigenvalue weighted by molar-refractivity contribution is 5.98. The maximum absolute atomic E-state index is 13.2. The van der Waals surface area contributed by atoms with Gasteiger partial charge >= 0.3 is 11.9 Å². The Morgan fingerprint density at radius 2 is 1.89 bits per heavy atom. The highest BCUT2D eigenvalue weighted by Gasteiger charge is 2.20. The SMILES string of the molecule is COC(=O)c1c(COC(=O)Cc2cccc(F)c2)nc2ccccc2c1C. The van der Waals surface area contributed by atoms with Crippen LogP contribution in [0.2, 0.25) is 0 Å². The second-order valence-corrected chi connectivity index (χ2v) is 6.03. The largest absolute Gasteiger partial charge is 0.465 e. The molecule has 1 aromatic heterocycles. The summed E-state index contributed by atoms with van der Waals surface area (Å²) >= 11 is 0. The number of carbonyl (C=O) groups is 2. The van der Waals surface area contributed by atoms with Crippen molar-refractivity contribution in [2.75, 3.05) is 7.11 Å². The molecule has 0 unspecified atom stereocenters. The first-order chi connectivity index (χ1) is 13.0. The number of para-hydroxylation sites is 1. The summed E-state index contributed by atoms with van der Waals surface area (Å²) in [5, 5.41) is 0.827. The molecule has 2 aromatic carbocycles. The van der Waals surface area contributed by atoms with E-state index < -0.39 is 17.8 Å². The van der Waals surface area contributed by atoms with Crippen LogP contribution in [0.15, 0.2) is 48.5 Å². The molecular formula is C21H18FNO4. The van der Waals surface area contributed by atoms with E-state index >= 15 is 0 Å². The van der Waals surface area contributed by atoms with Gasteiger partial charge in [0.25, 0.3) is 0 Å². The maximum Gasteiger partial charge on any atom is 0.340 e. The zero-order valence-corrected chi connectivity index (χ0v) is 15.0. The molecule has 27 heavy (non-hydrogen) atoms. The number of hydrogen-bond donors (Lipinski definition) is 0. The fourth-order valence-corrected chi connectivity index (χ4v) is 2.93. The van der Waals surface area contributed by atoms with Crippen molar-refractivity contribution in [3.8, 4) is 0 Å². The Bertz CT molecular complexity index is 1020. The maximum atomic E-state index is 13.2. The summed E-state index contributed by atoms with van der Waals surface area (Å²) in [6.45, 7) is 1.62. The third kappa shape index (κ3) is 4.11. The summed E-state index contributed by atoms with van der Waals surface area (Å²) in [6.07, 6.45) is -0.0715. The summed E-state index contributed by atoms with van der Waals surface area (Å²) in [5.74, 6) is -1.49. The van der Waals surface area contributed by atoms with Gasteiger partial charge in [-0.15, -0.1) is 0 Å². The molecule has 0 radical (unpaired) electrons. The predicted octanol–water partition coefficient (Wildman–Crippen LogP) is 3.75. The van der Waals surface area contributed by atoms with E-state index in [4.69, 9.17) is 9.47 Å². The lowest BCUT2D eigenvalue weighted by Gasteiger charge is -2.13. The first kappa shape index (κ1) is 18.5.